The summed E-state index contributed by atoms with van der Waals surface area (Å²) >= 11 is 1.46. The molecule has 0 aliphatic carbocycles. The molecule has 1 aromatic rings. The number of carbonyl (C=O) groups excluding carboxylic acids is 1. The summed E-state index contributed by atoms with van der Waals surface area (Å²) < 4.78 is 0. The summed E-state index contributed by atoms with van der Waals surface area (Å²) in [6.45, 7) is 3.04. The first-order chi connectivity index (χ1) is 9.74. The molecular formula is C16H21NO2S. The van der Waals surface area contributed by atoms with E-state index in [1.807, 2.05) is 16.3 Å². The van der Waals surface area contributed by atoms with Crippen LogP contribution in [0.15, 0.2) is 11.4 Å². The van der Waals surface area contributed by atoms with Crippen LogP contribution in [0.2, 0.25) is 0 Å². The number of hydrogen-bond donors (Lipinski definition) is 1. The van der Waals surface area contributed by atoms with Gasteiger partial charge in [-0.05, 0) is 31.2 Å². The van der Waals surface area contributed by atoms with Crippen LogP contribution in [0.1, 0.15) is 54.3 Å². The summed E-state index contributed by atoms with van der Waals surface area (Å²) in [6.07, 6.45) is 5.04. The lowest BCUT2D eigenvalue weighted by molar-refractivity contribution is 0.0702. The third-order valence-electron chi connectivity index (χ3n) is 3.63. The quantitative estimate of drug-likeness (QED) is 0.851. The van der Waals surface area contributed by atoms with E-state index in [4.69, 9.17) is 5.11 Å². The van der Waals surface area contributed by atoms with Gasteiger partial charge in [0.2, 0.25) is 0 Å². The summed E-state index contributed by atoms with van der Waals surface area (Å²) in [6, 6.07) is 2.20. The molecular weight excluding hydrogens is 270 g/mol. The van der Waals surface area contributed by atoms with E-state index in [9.17, 15) is 4.79 Å². The first-order valence-electron chi connectivity index (χ1n) is 7.22. The molecule has 108 valence electrons. The number of nitrogens with zero attached hydrogens (tertiary/aromatic N) is 1. The van der Waals surface area contributed by atoms with Gasteiger partial charge in [-0.2, -0.15) is 0 Å². The summed E-state index contributed by atoms with van der Waals surface area (Å²) in [4.78, 5) is 15.4. The fourth-order valence-corrected chi connectivity index (χ4v) is 3.30. The predicted octanol–water partition coefficient (Wildman–Crippen LogP) is 2.89. The monoisotopic (exact) mass is 291 g/mol. The van der Waals surface area contributed by atoms with E-state index in [-0.39, 0.29) is 12.5 Å². The number of aliphatic hydroxyl groups is 1. The van der Waals surface area contributed by atoms with Gasteiger partial charge >= 0.3 is 0 Å². The van der Waals surface area contributed by atoms with Gasteiger partial charge in [-0.3, -0.25) is 4.79 Å². The highest BCUT2D eigenvalue weighted by Crippen LogP contribution is 2.23. The van der Waals surface area contributed by atoms with Crippen LogP contribution in [0.4, 0.5) is 0 Å². The van der Waals surface area contributed by atoms with Crippen molar-refractivity contribution < 1.29 is 9.90 Å². The van der Waals surface area contributed by atoms with Crippen LogP contribution in [0.3, 0.4) is 0 Å². The zero-order valence-corrected chi connectivity index (χ0v) is 12.7. The zero-order chi connectivity index (χ0) is 14.4. The molecule has 4 heteroatoms. The van der Waals surface area contributed by atoms with Crippen molar-refractivity contribution in [3.63, 3.8) is 0 Å². The van der Waals surface area contributed by atoms with Crippen LogP contribution in [0, 0.1) is 11.8 Å². The third-order valence-corrected chi connectivity index (χ3v) is 4.54. The Labute approximate surface area is 124 Å². The normalized spacial score (nSPS) is 19.1. The Morgan fingerprint density at radius 3 is 3.15 bits per heavy atom. The minimum Gasteiger partial charge on any atom is -0.395 e. The van der Waals surface area contributed by atoms with E-state index >= 15 is 0 Å². The molecule has 1 fully saturated rings. The maximum atomic E-state index is 12.7. The average Bonchev–Trinajstić information content (AvgIpc) is 2.80. The molecule has 3 nitrogen and oxygen atoms in total. The second-order valence-electron chi connectivity index (χ2n) is 5.14. The van der Waals surface area contributed by atoms with E-state index in [0.29, 0.717) is 12.5 Å². The predicted molar refractivity (Wildman–Crippen MR) is 81.9 cm³/mol. The number of aliphatic hydroxyl groups excluding tert-OH is 1. The first-order valence-corrected chi connectivity index (χ1v) is 8.10. The Kier molecular flexibility index (Phi) is 5.63. The Morgan fingerprint density at radius 2 is 2.35 bits per heavy atom. The van der Waals surface area contributed by atoms with E-state index in [1.165, 1.54) is 24.2 Å². The second kappa shape index (κ2) is 7.47. The fraction of sp³-hybridized carbons (Fsp3) is 0.562. The van der Waals surface area contributed by atoms with Crippen LogP contribution >= 0.6 is 11.3 Å². The van der Waals surface area contributed by atoms with Crippen molar-refractivity contribution in [2.24, 2.45) is 0 Å². The van der Waals surface area contributed by atoms with Crippen LogP contribution in [-0.2, 0) is 0 Å². The molecule has 2 heterocycles. The minimum absolute atomic E-state index is 0.0591. The number of hydrogen-bond acceptors (Lipinski definition) is 3. The van der Waals surface area contributed by atoms with Gasteiger partial charge in [-0.15, -0.1) is 11.3 Å². The van der Waals surface area contributed by atoms with Crippen LogP contribution < -0.4 is 0 Å². The topological polar surface area (TPSA) is 40.5 Å². The summed E-state index contributed by atoms with van der Waals surface area (Å²) in [7, 11) is 0. The highest BCUT2D eigenvalue weighted by atomic mass is 32.1. The first kappa shape index (κ1) is 15.1. The van der Waals surface area contributed by atoms with Crippen molar-refractivity contribution in [1.82, 2.24) is 4.90 Å². The minimum atomic E-state index is 0.0591. The van der Waals surface area contributed by atoms with Gasteiger partial charge in [0.05, 0.1) is 6.61 Å². The highest BCUT2D eigenvalue weighted by molar-refractivity contribution is 7.12. The standard InChI is InChI=1S/C16H21NO2S/c1-13-7-3-2-5-10-17(13)16(19)15-14(9-12-20-15)8-4-6-11-18/h9,12-13,18H,2-3,5-7,10-11H2,1H3. The second-order valence-corrected chi connectivity index (χ2v) is 6.05. The molecule has 0 spiro atoms. The molecule has 1 N–H and O–H groups in total. The molecule has 0 bridgehead atoms. The van der Waals surface area contributed by atoms with Crippen LogP contribution in [0.25, 0.3) is 0 Å². The largest absolute Gasteiger partial charge is 0.395 e. The van der Waals surface area contributed by atoms with E-state index in [0.717, 1.165) is 29.8 Å². The molecule has 0 radical (unpaired) electrons. The summed E-state index contributed by atoms with van der Waals surface area (Å²) in [5, 5.41) is 10.7. The Balaban J connectivity index is 2.16. The maximum Gasteiger partial charge on any atom is 0.265 e. The number of carbonyl (C=O) groups is 1. The van der Waals surface area contributed by atoms with Crippen LogP contribution in [-0.4, -0.2) is 35.1 Å². The number of thiophene rings is 1. The van der Waals surface area contributed by atoms with E-state index in [1.54, 1.807) is 0 Å². The third kappa shape index (κ3) is 3.62. The van der Waals surface area contributed by atoms with Crippen molar-refractivity contribution in [3.05, 3.63) is 21.9 Å². The smallest absolute Gasteiger partial charge is 0.265 e. The molecule has 1 saturated heterocycles. The lowest BCUT2D eigenvalue weighted by atomic mass is 10.1. The molecule has 20 heavy (non-hydrogen) atoms. The Bertz CT molecular complexity index is 512. The molecule has 2 rings (SSSR count). The molecule has 1 aliphatic heterocycles. The van der Waals surface area contributed by atoms with Crippen molar-refractivity contribution in [3.8, 4) is 11.8 Å². The van der Waals surface area contributed by atoms with Crippen molar-refractivity contribution in [2.45, 2.75) is 45.1 Å². The maximum absolute atomic E-state index is 12.7. The molecule has 1 aromatic heterocycles. The summed E-state index contributed by atoms with van der Waals surface area (Å²) in [5.74, 6) is 6.01. The van der Waals surface area contributed by atoms with E-state index < -0.39 is 0 Å². The molecule has 1 amide bonds. The Hall–Kier alpha value is -1.31. The number of amides is 1. The van der Waals surface area contributed by atoms with Crippen molar-refractivity contribution in [2.75, 3.05) is 13.2 Å². The number of rotatable bonds is 2. The lowest BCUT2D eigenvalue weighted by Crippen LogP contribution is -2.38. The molecule has 1 aliphatic rings. The Morgan fingerprint density at radius 1 is 1.50 bits per heavy atom. The SMILES string of the molecule is CC1CCCCCN1C(=O)c1sccc1C#CCCO. The van der Waals surface area contributed by atoms with Gasteiger partial charge in [0.25, 0.3) is 5.91 Å². The fourth-order valence-electron chi connectivity index (χ4n) is 2.49. The molecule has 0 saturated carbocycles. The van der Waals surface area contributed by atoms with Gasteiger partial charge in [0.1, 0.15) is 4.88 Å². The van der Waals surface area contributed by atoms with Crippen LogP contribution in [0.5, 0.6) is 0 Å². The zero-order valence-electron chi connectivity index (χ0n) is 11.9. The number of likely N-dealkylation sites (tertiary alicyclic amines) is 1. The van der Waals surface area contributed by atoms with E-state index in [2.05, 4.69) is 18.8 Å². The molecule has 1 unspecified atom stereocenters. The molecule has 1 atom stereocenters. The van der Waals surface area contributed by atoms with Crippen molar-refractivity contribution in [1.29, 1.82) is 0 Å². The van der Waals surface area contributed by atoms with Crippen molar-refractivity contribution >= 4 is 17.2 Å². The highest BCUT2D eigenvalue weighted by Gasteiger charge is 2.25. The van der Waals surface area contributed by atoms with Gasteiger partial charge in [-0.25, -0.2) is 0 Å². The molecule has 0 aromatic carbocycles. The van der Waals surface area contributed by atoms with Gasteiger partial charge < -0.3 is 10.0 Å². The van der Waals surface area contributed by atoms with Gasteiger partial charge in [0, 0.05) is 24.6 Å². The van der Waals surface area contributed by atoms with Gasteiger partial charge in [0.15, 0.2) is 0 Å². The summed E-state index contributed by atoms with van der Waals surface area (Å²) in [5.41, 5.74) is 0.796. The van der Waals surface area contributed by atoms with Gasteiger partial charge in [-0.1, -0.05) is 24.7 Å². The average molecular weight is 291 g/mol. The lowest BCUT2D eigenvalue weighted by Gasteiger charge is -2.26.